The second-order valence-electron chi connectivity index (χ2n) is 11.3. The molecule has 0 heterocycles. The lowest BCUT2D eigenvalue weighted by Gasteiger charge is -2.32. The molecule has 42 heavy (non-hydrogen) atoms. The van der Waals surface area contributed by atoms with Crippen LogP contribution in [0.2, 0.25) is 0 Å². The number of nitrogens with zero attached hydrogens (tertiary/aromatic N) is 2. The molecule has 0 saturated carbocycles. The number of hydrogen-bond donors (Lipinski definition) is 1. The van der Waals surface area contributed by atoms with E-state index >= 15 is 0 Å². The number of halogens is 1. The highest BCUT2D eigenvalue weighted by molar-refractivity contribution is 9.10. The summed E-state index contributed by atoms with van der Waals surface area (Å²) in [6, 6.07) is 22.3. The average molecular weight is 657 g/mol. The lowest BCUT2D eigenvalue weighted by molar-refractivity contribution is -0.141. The third-order valence-electron chi connectivity index (χ3n) is 6.87. The number of hydrogen-bond acceptors (Lipinski definition) is 4. The monoisotopic (exact) mass is 655 g/mol. The molecule has 0 aromatic heterocycles. The largest absolute Gasteiger partial charge is 0.354 e. The molecule has 3 rings (SSSR count). The number of amides is 2. The molecule has 7 nitrogen and oxygen atoms in total. The highest BCUT2D eigenvalue weighted by Gasteiger charge is 2.30. The van der Waals surface area contributed by atoms with Crippen LogP contribution < -0.4 is 9.62 Å². The smallest absolute Gasteiger partial charge is 0.243 e. The van der Waals surface area contributed by atoms with Gasteiger partial charge >= 0.3 is 0 Å². The Labute approximate surface area is 259 Å². The van der Waals surface area contributed by atoms with Gasteiger partial charge < -0.3 is 10.2 Å². The molecular formula is C33H42BrN3O4S. The van der Waals surface area contributed by atoms with E-state index in [4.69, 9.17) is 0 Å². The van der Waals surface area contributed by atoms with Crippen molar-refractivity contribution in [1.29, 1.82) is 0 Å². The van der Waals surface area contributed by atoms with Gasteiger partial charge in [-0.3, -0.25) is 13.9 Å². The second kappa shape index (κ2) is 15.3. The minimum atomic E-state index is -3.57. The Bertz CT molecular complexity index is 1420. The molecule has 0 fully saturated rings. The summed E-state index contributed by atoms with van der Waals surface area (Å²) < 4.78 is 27.7. The maximum Gasteiger partial charge on any atom is 0.243 e. The molecule has 0 bridgehead atoms. The Kier molecular flexibility index (Phi) is 12.2. The van der Waals surface area contributed by atoms with Crippen LogP contribution in [0.4, 0.5) is 5.69 Å². The minimum Gasteiger partial charge on any atom is -0.354 e. The van der Waals surface area contributed by atoms with Crippen molar-refractivity contribution < 1.29 is 18.0 Å². The van der Waals surface area contributed by atoms with E-state index in [0.29, 0.717) is 25.1 Å². The predicted octanol–water partition coefficient (Wildman–Crippen LogP) is 6.02. The number of nitrogens with one attached hydrogen (secondary N) is 1. The quantitative estimate of drug-likeness (QED) is 0.230. The Hall–Kier alpha value is -3.17. The van der Waals surface area contributed by atoms with E-state index in [1.54, 1.807) is 4.90 Å². The van der Waals surface area contributed by atoms with Crippen LogP contribution in [0.5, 0.6) is 0 Å². The SMILES string of the molecule is Cc1cc(C)cc(N(CCCC(=O)N(Cc2ccc(Br)cc2)[C@@H](Cc2ccccc2)C(=O)NCC(C)C)S(C)(=O)=O)c1. The van der Waals surface area contributed by atoms with E-state index < -0.39 is 16.1 Å². The number of rotatable bonds is 14. The van der Waals surface area contributed by atoms with Gasteiger partial charge in [-0.05, 0) is 72.7 Å². The van der Waals surface area contributed by atoms with Crippen molar-refractivity contribution in [2.45, 2.75) is 59.5 Å². The molecule has 0 aliphatic heterocycles. The summed E-state index contributed by atoms with van der Waals surface area (Å²) in [5.41, 5.74) is 4.37. The summed E-state index contributed by atoms with van der Waals surface area (Å²) in [5.74, 6) is -0.146. The Balaban J connectivity index is 1.89. The topological polar surface area (TPSA) is 86.8 Å². The van der Waals surface area contributed by atoms with Crippen molar-refractivity contribution in [2.75, 3.05) is 23.7 Å². The zero-order chi connectivity index (χ0) is 30.9. The molecule has 0 spiro atoms. The summed E-state index contributed by atoms with van der Waals surface area (Å²) in [7, 11) is -3.57. The zero-order valence-corrected chi connectivity index (χ0v) is 27.5. The molecule has 0 radical (unpaired) electrons. The van der Waals surface area contributed by atoms with Gasteiger partial charge in [0.15, 0.2) is 0 Å². The molecule has 0 aliphatic carbocycles. The van der Waals surface area contributed by atoms with E-state index in [9.17, 15) is 18.0 Å². The second-order valence-corrected chi connectivity index (χ2v) is 14.1. The van der Waals surface area contributed by atoms with Crippen molar-refractivity contribution in [3.8, 4) is 0 Å². The number of carbonyl (C=O) groups excluding carboxylic acids is 2. The molecule has 0 aliphatic rings. The fourth-order valence-electron chi connectivity index (χ4n) is 4.86. The third-order valence-corrected chi connectivity index (χ3v) is 8.59. The molecule has 9 heteroatoms. The fraction of sp³-hybridized carbons (Fsp3) is 0.394. The van der Waals surface area contributed by atoms with Crippen LogP contribution in [0.15, 0.2) is 77.3 Å². The van der Waals surface area contributed by atoms with Crippen LogP contribution >= 0.6 is 15.9 Å². The van der Waals surface area contributed by atoms with Crippen LogP contribution in [0, 0.1) is 19.8 Å². The molecule has 0 saturated heterocycles. The molecule has 2 amide bonds. The summed E-state index contributed by atoms with van der Waals surface area (Å²) in [5, 5.41) is 3.03. The van der Waals surface area contributed by atoms with Crippen molar-refractivity contribution >= 4 is 43.5 Å². The van der Waals surface area contributed by atoms with Gasteiger partial charge in [-0.15, -0.1) is 0 Å². The maximum atomic E-state index is 13.9. The molecule has 0 unspecified atom stereocenters. The highest BCUT2D eigenvalue weighted by Crippen LogP contribution is 2.23. The van der Waals surface area contributed by atoms with Crippen LogP contribution in [0.3, 0.4) is 0 Å². The van der Waals surface area contributed by atoms with Gasteiger partial charge in [0.25, 0.3) is 0 Å². The summed E-state index contributed by atoms with van der Waals surface area (Å²) >= 11 is 3.46. The number of aryl methyl sites for hydroxylation is 2. The lowest BCUT2D eigenvalue weighted by Crippen LogP contribution is -2.51. The van der Waals surface area contributed by atoms with E-state index in [0.717, 1.165) is 26.7 Å². The standard InChI is InChI=1S/C33H42BrN3O4S/c1-24(2)22-35-33(39)31(21-27-10-7-6-8-11-27)36(23-28-13-15-29(34)16-14-28)32(38)12-9-17-37(42(5,40)41)30-19-25(3)18-26(4)20-30/h6-8,10-11,13-16,18-20,24,31H,9,12,17,21-23H2,1-5H3,(H,35,39)/t31-/m0/s1. The van der Waals surface area contributed by atoms with Gasteiger partial charge in [-0.2, -0.15) is 0 Å². The van der Waals surface area contributed by atoms with Crippen LogP contribution in [0.1, 0.15) is 48.9 Å². The highest BCUT2D eigenvalue weighted by atomic mass is 79.9. The van der Waals surface area contributed by atoms with Crippen molar-refractivity contribution in [2.24, 2.45) is 5.92 Å². The number of carbonyl (C=O) groups is 2. The molecule has 226 valence electrons. The Morgan fingerprint density at radius 1 is 0.905 bits per heavy atom. The van der Waals surface area contributed by atoms with Crippen molar-refractivity contribution in [3.05, 3.63) is 99.5 Å². The number of anilines is 1. The van der Waals surface area contributed by atoms with Gasteiger partial charge in [0.2, 0.25) is 21.8 Å². The zero-order valence-electron chi connectivity index (χ0n) is 25.1. The normalized spacial score (nSPS) is 12.2. The van der Waals surface area contributed by atoms with Gasteiger partial charge in [-0.1, -0.05) is 78.3 Å². The average Bonchev–Trinajstić information content (AvgIpc) is 2.91. The van der Waals surface area contributed by atoms with E-state index in [1.165, 1.54) is 10.6 Å². The first kappa shape index (κ1) is 33.3. The first-order chi connectivity index (χ1) is 19.8. The summed E-state index contributed by atoms with van der Waals surface area (Å²) in [6.45, 7) is 8.83. The van der Waals surface area contributed by atoms with Crippen LogP contribution in [-0.4, -0.2) is 50.5 Å². The number of sulfonamides is 1. The first-order valence-corrected chi connectivity index (χ1v) is 16.9. The van der Waals surface area contributed by atoms with Crippen LogP contribution in [0.25, 0.3) is 0 Å². The van der Waals surface area contributed by atoms with Crippen molar-refractivity contribution in [1.82, 2.24) is 10.2 Å². The van der Waals surface area contributed by atoms with Gasteiger partial charge in [0.05, 0.1) is 11.9 Å². The maximum absolute atomic E-state index is 13.9. The van der Waals surface area contributed by atoms with Gasteiger partial charge in [0.1, 0.15) is 6.04 Å². The van der Waals surface area contributed by atoms with E-state index in [2.05, 4.69) is 21.2 Å². The Morgan fingerprint density at radius 2 is 1.52 bits per heavy atom. The molecule has 1 N–H and O–H groups in total. The third kappa shape index (κ3) is 10.3. The molecule has 3 aromatic carbocycles. The molecular weight excluding hydrogens is 614 g/mol. The molecule has 3 aromatic rings. The van der Waals surface area contributed by atoms with E-state index in [-0.39, 0.29) is 37.2 Å². The van der Waals surface area contributed by atoms with Crippen molar-refractivity contribution in [3.63, 3.8) is 0 Å². The first-order valence-electron chi connectivity index (χ1n) is 14.2. The summed E-state index contributed by atoms with van der Waals surface area (Å²) in [4.78, 5) is 29.2. The summed E-state index contributed by atoms with van der Waals surface area (Å²) in [6.07, 6.45) is 1.95. The van der Waals surface area contributed by atoms with Crippen LogP contribution in [-0.2, 0) is 32.6 Å². The molecule has 1 atom stereocenters. The predicted molar refractivity (Wildman–Crippen MR) is 174 cm³/mol. The Morgan fingerprint density at radius 3 is 2.10 bits per heavy atom. The lowest BCUT2D eigenvalue weighted by atomic mass is 10.0. The fourth-order valence-corrected chi connectivity index (χ4v) is 6.07. The number of benzene rings is 3. The van der Waals surface area contributed by atoms with Gasteiger partial charge in [-0.25, -0.2) is 8.42 Å². The van der Waals surface area contributed by atoms with Gasteiger partial charge in [0, 0.05) is 36.9 Å². The van der Waals surface area contributed by atoms with E-state index in [1.807, 2.05) is 100 Å². The minimum absolute atomic E-state index is 0.0933.